The number of nitrogens with zero attached hydrogens (tertiary/aromatic N) is 5. The highest BCUT2D eigenvalue weighted by Crippen LogP contribution is 2.35. The van der Waals surface area contributed by atoms with Crippen LogP contribution in [-0.4, -0.2) is 49.2 Å². The van der Waals surface area contributed by atoms with Crippen molar-refractivity contribution >= 4 is 12.0 Å². The van der Waals surface area contributed by atoms with Crippen molar-refractivity contribution in [1.29, 1.82) is 0 Å². The van der Waals surface area contributed by atoms with Gasteiger partial charge in [0, 0.05) is 30.9 Å². The maximum atomic E-state index is 13.5. The number of ether oxygens (including phenoxy) is 1. The second kappa shape index (κ2) is 8.57. The van der Waals surface area contributed by atoms with Crippen molar-refractivity contribution in [2.75, 3.05) is 18.8 Å². The van der Waals surface area contributed by atoms with Crippen LogP contribution in [-0.2, 0) is 4.74 Å². The molecule has 0 aliphatic carbocycles. The first-order valence-electron chi connectivity index (χ1n) is 10.6. The summed E-state index contributed by atoms with van der Waals surface area (Å²) in [5.41, 5.74) is 8.23. The van der Waals surface area contributed by atoms with Crippen molar-refractivity contribution in [3.8, 4) is 22.6 Å². The van der Waals surface area contributed by atoms with Crippen LogP contribution in [0.3, 0.4) is 0 Å². The molecule has 0 spiro atoms. The number of amides is 1. The molecule has 2 N–H and O–H groups in total. The molecule has 9 heteroatoms. The number of nitrogen functional groups attached to an aromatic ring is 1. The standard InChI is InChI=1S/C23H27FN6O2/c1-23(2,3)32-22(31)29-12-9-17(10-13-29)30-14-27-19(15-4-6-16(24)7-5-15)20(30)18-8-11-26-21(25)28-18/h4-8,11,14,17H,9-10,12-13H2,1-3H3,(H2,25,26,28). The van der Waals surface area contributed by atoms with E-state index in [0.717, 1.165) is 24.1 Å². The highest BCUT2D eigenvalue weighted by atomic mass is 19.1. The molecule has 1 saturated heterocycles. The second-order valence-electron chi connectivity index (χ2n) is 8.85. The van der Waals surface area contributed by atoms with Gasteiger partial charge in [0.05, 0.1) is 23.4 Å². The molecule has 1 aliphatic rings. The van der Waals surface area contributed by atoms with Crippen molar-refractivity contribution in [1.82, 2.24) is 24.4 Å². The lowest BCUT2D eigenvalue weighted by Crippen LogP contribution is -2.42. The van der Waals surface area contributed by atoms with E-state index >= 15 is 0 Å². The van der Waals surface area contributed by atoms with Crippen LogP contribution in [0.25, 0.3) is 22.6 Å². The SMILES string of the molecule is CC(C)(C)OC(=O)N1CCC(n2cnc(-c3ccc(F)cc3)c2-c2ccnc(N)n2)CC1. The van der Waals surface area contributed by atoms with Crippen LogP contribution in [0.2, 0.25) is 0 Å². The molecule has 4 rings (SSSR count). The van der Waals surface area contributed by atoms with E-state index in [1.807, 2.05) is 20.8 Å². The lowest BCUT2D eigenvalue weighted by molar-refractivity contribution is 0.0189. The van der Waals surface area contributed by atoms with Gasteiger partial charge in [0.1, 0.15) is 11.4 Å². The van der Waals surface area contributed by atoms with E-state index in [1.165, 1.54) is 12.1 Å². The maximum Gasteiger partial charge on any atom is 0.410 e. The van der Waals surface area contributed by atoms with Gasteiger partial charge in [-0.1, -0.05) is 0 Å². The van der Waals surface area contributed by atoms with Gasteiger partial charge in [0.2, 0.25) is 5.95 Å². The summed E-state index contributed by atoms with van der Waals surface area (Å²) in [5, 5.41) is 0. The molecule has 0 atom stereocenters. The number of piperidine rings is 1. The summed E-state index contributed by atoms with van der Waals surface area (Å²) >= 11 is 0. The van der Waals surface area contributed by atoms with Gasteiger partial charge in [0.15, 0.2) is 0 Å². The Kier molecular flexibility index (Phi) is 5.82. The lowest BCUT2D eigenvalue weighted by atomic mass is 10.0. The molecule has 168 valence electrons. The molecule has 32 heavy (non-hydrogen) atoms. The van der Waals surface area contributed by atoms with E-state index in [9.17, 15) is 9.18 Å². The first-order chi connectivity index (χ1) is 15.2. The Morgan fingerprint density at radius 2 is 1.81 bits per heavy atom. The highest BCUT2D eigenvalue weighted by Gasteiger charge is 2.29. The van der Waals surface area contributed by atoms with E-state index < -0.39 is 5.60 Å². The van der Waals surface area contributed by atoms with Gasteiger partial charge in [-0.15, -0.1) is 0 Å². The van der Waals surface area contributed by atoms with Crippen LogP contribution in [0.5, 0.6) is 0 Å². The number of carbonyl (C=O) groups excluding carboxylic acids is 1. The van der Waals surface area contributed by atoms with Crippen LogP contribution >= 0.6 is 0 Å². The molecule has 3 aromatic rings. The second-order valence-corrected chi connectivity index (χ2v) is 8.85. The normalized spacial score (nSPS) is 15.1. The summed E-state index contributed by atoms with van der Waals surface area (Å²) in [6.07, 6.45) is 4.57. The topological polar surface area (TPSA) is 99.2 Å². The zero-order chi connectivity index (χ0) is 22.9. The fourth-order valence-corrected chi connectivity index (χ4v) is 3.87. The van der Waals surface area contributed by atoms with Gasteiger partial charge >= 0.3 is 6.09 Å². The average molecular weight is 439 g/mol. The minimum Gasteiger partial charge on any atom is -0.444 e. The summed E-state index contributed by atoms with van der Waals surface area (Å²) < 4.78 is 21.1. The molecule has 2 aromatic heterocycles. The fourth-order valence-electron chi connectivity index (χ4n) is 3.87. The Balaban J connectivity index is 1.64. The molecule has 1 aliphatic heterocycles. The van der Waals surface area contributed by atoms with Gasteiger partial charge in [-0.3, -0.25) is 0 Å². The third-order valence-electron chi connectivity index (χ3n) is 5.34. The number of imidazole rings is 1. The summed E-state index contributed by atoms with van der Waals surface area (Å²) in [6.45, 7) is 6.74. The number of hydrogen-bond donors (Lipinski definition) is 1. The fraction of sp³-hybridized carbons (Fsp3) is 0.391. The van der Waals surface area contributed by atoms with Crippen molar-refractivity contribution in [2.24, 2.45) is 0 Å². The van der Waals surface area contributed by atoms with E-state index in [2.05, 4.69) is 19.5 Å². The number of rotatable bonds is 3. The van der Waals surface area contributed by atoms with E-state index in [0.29, 0.717) is 24.5 Å². The summed E-state index contributed by atoms with van der Waals surface area (Å²) in [6, 6.07) is 8.11. The van der Waals surface area contributed by atoms with Crippen molar-refractivity contribution in [2.45, 2.75) is 45.3 Å². The van der Waals surface area contributed by atoms with E-state index in [1.54, 1.807) is 35.6 Å². The number of halogens is 1. The molecule has 3 heterocycles. The van der Waals surface area contributed by atoms with Gasteiger partial charge in [-0.25, -0.2) is 24.1 Å². The molecule has 0 unspecified atom stereocenters. The predicted molar refractivity (Wildman–Crippen MR) is 119 cm³/mol. The number of anilines is 1. The molecule has 0 radical (unpaired) electrons. The number of aromatic nitrogens is 4. The highest BCUT2D eigenvalue weighted by molar-refractivity contribution is 5.77. The summed E-state index contributed by atoms with van der Waals surface area (Å²) in [4.78, 5) is 27.2. The molecule has 1 fully saturated rings. The van der Waals surface area contributed by atoms with Gasteiger partial charge in [-0.2, -0.15) is 0 Å². The van der Waals surface area contributed by atoms with Crippen molar-refractivity contribution in [3.63, 3.8) is 0 Å². The molecule has 0 bridgehead atoms. The number of benzene rings is 1. The predicted octanol–water partition coefficient (Wildman–Crippen LogP) is 4.30. The van der Waals surface area contributed by atoms with Crippen molar-refractivity contribution in [3.05, 3.63) is 48.7 Å². The number of carbonyl (C=O) groups is 1. The van der Waals surface area contributed by atoms with Crippen LogP contribution in [0, 0.1) is 5.82 Å². The van der Waals surface area contributed by atoms with E-state index in [-0.39, 0.29) is 23.9 Å². The van der Waals surface area contributed by atoms with Crippen LogP contribution in [0.4, 0.5) is 15.1 Å². The lowest BCUT2D eigenvalue weighted by Gasteiger charge is -2.34. The molecule has 1 amide bonds. The number of likely N-dealkylation sites (tertiary alicyclic amines) is 1. The average Bonchev–Trinajstić information content (AvgIpc) is 3.18. The Bertz CT molecular complexity index is 1100. The first-order valence-corrected chi connectivity index (χ1v) is 10.6. The molecule has 1 aromatic carbocycles. The Morgan fingerprint density at radius 1 is 1.12 bits per heavy atom. The minimum absolute atomic E-state index is 0.113. The van der Waals surface area contributed by atoms with Crippen LogP contribution in [0.15, 0.2) is 42.9 Å². The maximum absolute atomic E-state index is 13.5. The van der Waals surface area contributed by atoms with E-state index in [4.69, 9.17) is 10.5 Å². The third-order valence-corrected chi connectivity index (χ3v) is 5.34. The largest absolute Gasteiger partial charge is 0.444 e. The minimum atomic E-state index is -0.525. The third kappa shape index (κ3) is 4.71. The molecular formula is C23H27FN6O2. The molecular weight excluding hydrogens is 411 g/mol. The van der Waals surface area contributed by atoms with Gasteiger partial charge in [0.25, 0.3) is 0 Å². The Hall–Kier alpha value is -3.49. The van der Waals surface area contributed by atoms with Gasteiger partial charge < -0.3 is 19.9 Å². The quantitative estimate of drug-likeness (QED) is 0.655. The number of nitrogens with two attached hydrogens (primary N) is 1. The summed E-state index contributed by atoms with van der Waals surface area (Å²) in [5.74, 6) is -0.143. The summed E-state index contributed by atoms with van der Waals surface area (Å²) in [7, 11) is 0. The smallest absolute Gasteiger partial charge is 0.410 e. The Morgan fingerprint density at radius 3 is 2.44 bits per heavy atom. The van der Waals surface area contributed by atoms with Crippen LogP contribution < -0.4 is 5.73 Å². The first kappa shape index (κ1) is 21.7. The molecule has 0 saturated carbocycles. The van der Waals surface area contributed by atoms with Crippen molar-refractivity contribution < 1.29 is 13.9 Å². The zero-order valence-electron chi connectivity index (χ0n) is 18.5. The monoisotopic (exact) mass is 438 g/mol. The Labute approximate surface area is 186 Å². The molecule has 8 nitrogen and oxygen atoms in total. The number of hydrogen-bond acceptors (Lipinski definition) is 6. The van der Waals surface area contributed by atoms with Gasteiger partial charge in [-0.05, 0) is 63.9 Å². The van der Waals surface area contributed by atoms with Crippen LogP contribution in [0.1, 0.15) is 39.7 Å². The zero-order valence-corrected chi connectivity index (χ0v) is 18.5.